The van der Waals surface area contributed by atoms with Crippen molar-refractivity contribution in [2.24, 2.45) is 10.9 Å². The van der Waals surface area contributed by atoms with Gasteiger partial charge in [0, 0.05) is 19.5 Å². The smallest absolute Gasteiger partial charge is 0.191 e. The minimum atomic E-state index is 0.188. The van der Waals surface area contributed by atoms with Gasteiger partial charge in [0.05, 0.1) is 6.54 Å². The molecule has 0 bridgehead atoms. The lowest BCUT2D eigenvalue weighted by atomic mass is 9.97. The van der Waals surface area contributed by atoms with Gasteiger partial charge in [-0.1, -0.05) is 25.1 Å². The van der Waals surface area contributed by atoms with E-state index in [9.17, 15) is 0 Å². The Balaban J connectivity index is 1.43. The molecule has 1 aromatic carbocycles. The highest BCUT2D eigenvalue weighted by Crippen LogP contribution is 2.27. The number of likely N-dealkylation sites (tertiary alicyclic amines) is 1. The molecule has 1 aromatic rings. The lowest BCUT2D eigenvalue weighted by molar-refractivity contribution is 0.188. The summed E-state index contributed by atoms with van der Waals surface area (Å²) in [5, 5.41) is 6.84. The number of ether oxygens (including phenoxy) is 1. The fourth-order valence-electron chi connectivity index (χ4n) is 3.85. The molecule has 1 fully saturated rings. The molecule has 1 saturated heterocycles. The number of fused-ring (bicyclic) bond motifs is 1. The average Bonchev–Trinajstić information content (AvgIpc) is 3.08. The number of nitrogens with zero attached hydrogens (tertiary/aromatic N) is 2. The largest absolute Gasteiger partial charge is 0.488 e. The van der Waals surface area contributed by atoms with Crippen molar-refractivity contribution in [2.45, 2.75) is 45.6 Å². The number of hydrogen-bond acceptors (Lipinski definition) is 3. The van der Waals surface area contributed by atoms with Crippen LogP contribution in [-0.2, 0) is 6.42 Å². The van der Waals surface area contributed by atoms with E-state index >= 15 is 0 Å². The van der Waals surface area contributed by atoms with Gasteiger partial charge in [0.2, 0.25) is 0 Å². The van der Waals surface area contributed by atoms with E-state index in [0.717, 1.165) is 37.8 Å². The number of piperidine rings is 1. The molecule has 144 valence electrons. The molecule has 3 rings (SSSR count). The van der Waals surface area contributed by atoms with Crippen LogP contribution in [-0.4, -0.2) is 56.2 Å². The minimum Gasteiger partial charge on any atom is -0.488 e. The van der Waals surface area contributed by atoms with Crippen molar-refractivity contribution in [3.8, 4) is 5.75 Å². The zero-order valence-electron chi connectivity index (χ0n) is 16.3. The van der Waals surface area contributed by atoms with E-state index in [0.29, 0.717) is 5.92 Å². The zero-order valence-corrected chi connectivity index (χ0v) is 16.3. The van der Waals surface area contributed by atoms with Gasteiger partial charge in [-0.05, 0) is 63.4 Å². The van der Waals surface area contributed by atoms with Crippen LogP contribution in [0.4, 0.5) is 0 Å². The Morgan fingerprint density at radius 3 is 2.73 bits per heavy atom. The molecule has 5 nitrogen and oxygen atoms in total. The van der Waals surface area contributed by atoms with Crippen LogP contribution in [0.1, 0.15) is 38.7 Å². The van der Waals surface area contributed by atoms with Gasteiger partial charge in [-0.25, -0.2) is 0 Å². The van der Waals surface area contributed by atoms with Crippen molar-refractivity contribution in [1.82, 2.24) is 15.5 Å². The summed E-state index contributed by atoms with van der Waals surface area (Å²) in [6.45, 7) is 10.7. The molecule has 0 amide bonds. The number of guanidine groups is 1. The normalized spacial score (nSPS) is 21.3. The molecule has 1 unspecified atom stereocenters. The summed E-state index contributed by atoms with van der Waals surface area (Å²) in [5.41, 5.74) is 1.31. The lowest BCUT2D eigenvalue weighted by Crippen LogP contribution is -2.42. The summed E-state index contributed by atoms with van der Waals surface area (Å²) in [6, 6.07) is 8.32. The number of nitrogens with one attached hydrogen (secondary N) is 2. The van der Waals surface area contributed by atoms with Gasteiger partial charge < -0.3 is 20.3 Å². The Kier molecular flexibility index (Phi) is 7.18. The van der Waals surface area contributed by atoms with Crippen molar-refractivity contribution >= 4 is 5.96 Å². The van der Waals surface area contributed by atoms with E-state index in [2.05, 4.69) is 47.6 Å². The Bertz CT molecular complexity index is 556. The van der Waals surface area contributed by atoms with Crippen LogP contribution in [0.15, 0.2) is 29.3 Å². The molecule has 2 aliphatic rings. The number of rotatable bonds is 7. The maximum absolute atomic E-state index is 6.01. The highest BCUT2D eigenvalue weighted by atomic mass is 16.5. The predicted octanol–water partition coefficient (Wildman–Crippen LogP) is 2.67. The molecule has 0 aliphatic carbocycles. The topological polar surface area (TPSA) is 48.9 Å². The Morgan fingerprint density at radius 2 is 2.00 bits per heavy atom. The summed E-state index contributed by atoms with van der Waals surface area (Å²) in [7, 11) is 0. The molecule has 0 spiro atoms. The third kappa shape index (κ3) is 5.37. The standard InChI is InChI=1S/C21H34N4O/c1-3-11-25-12-9-17(10-13-25)15-23-21(22-4-2)24-16-19-14-18-7-5-6-8-20(18)26-19/h5-8,17,19H,3-4,9-16H2,1-2H3,(H2,22,23,24). The van der Waals surface area contributed by atoms with Crippen LogP contribution in [0.2, 0.25) is 0 Å². The second-order valence-electron chi connectivity index (χ2n) is 7.44. The van der Waals surface area contributed by atoms with Gasteiger partial charge in [-0.15, -0.1) is 0 Å². The molecule has 2 aliphatic heterocycles. The number of para-hydroxylation sites is 1. The number of aliphatic imine (C=N–C) groups is 1. The summed E-state index contributed by atoms with van der Waals surface area (Å²) in [4.78, 5) is 7.42. The van der Waals surface area contributed by atoms with E-state index in [-0.39, 0.29) is 6.10 Å². The molecule has 2 heterocycles. The Morgan fingerprint density at radius 1 is 1.19 bits per heavy atom. The highest BCUT2D eigenvalue weighted by molar-refractivity contribution is 5.79. The third-order valence-electron chi connectivity index (χ3n) is 5.31. The average molecular weight is 359 g/mol. The van der Waals surface area contributed by atoms with Crippen molar-refractivity contribution in [1.29, 1.82) is 0 Å². The quantitative estimate of drug-likeness (QED) is 0.581. The van der Waals surface area contributed by atoms with E-state index in [1.807, 2.05) is 6.07 Å². The molecule has 26 heavy (non-hydrogen) atoms. The first-order chi connectivity index (χ1) is 12.8. The number of hydrogen-bond donors (Lipinski definition) is 2. The zero-order chi connectivity index (χ0) is 18.2. The van der Waals surface area contributed by atoms with Crippen LogP contribution >= 0.6 is 0 Å². The molecular weight excluding hydrogens is 324 g/mol. The van der Waals surface area contributed by atoms with Crippen molar-refractivity contribution < 1.29 is 4.74 Å². The maximum atomic E-state index is 6.01. The second kappa shape index (κ2) is 9.81. The van der Waals surface area contributed by atoms with Crippen molar-refractivity contribution in [3.05, 3.63) is 29.8 Å². The molecule has 1 atom stereocenters. The van der Waals surface area contributed by atoms with Crippen LogP contribution < -0.4 is 15.4 Å². The number of benzene rings is 1. The SMILES string of the molecule is CCCN1CCC(CN=C(NCC)NCC2Cc3ccccc3O2)CC1. The first-order valence-electron chi connectivity index (χ1n) is 10.3. The fourth-order valence-corrected chi connectivity index (χ4v) is 3.85. The Hall–Kier alpha value is -1.75. The summed E-state index contributed by atoms with van der Waals surface area (Å²) >= 11 is 0. The van der Waals surface area contributed by atoms with Crippen molar-refractivity contribution in [3.63, 3.8) is 0 Å². The van der Waals surface area contributed by atoms with Crippen LogP contribution in [0, 0.1) is 5.92 Å². The highest BCUT2D eigenvalue weighted by Gasteiger charge is 2.22. The Labute approximate surface area is 158 Å². The molecule has 0 aromatic heterocycles. The van der Waals surface area contributed by atoms with Crippen LogP contribution in [0.25, 0.3) is 0 Å². The van der Waals surface area contributed by atoms with Gasteiger partial charge >= 0.3 is 0 Å². The van der Waals surface area contributed by atoms with Gasteiger partial charge in [-0.2, -0.15) is 0 Å². The fraction of sp³-hybridized carbons (Fsp3) is 0.667. The maximum Gasteiger partial charge on any atom is 0.191 e. The van der Waals surface area contributed by atoms with E-state index < -0.39 is 0 Å². The molecule has 0 radical (unpaired) electrons. The van der Waals surface area contributed by atoms with E-state index in [1.54, 1.807) is 0 Å². The molecule has 0 saturated carbocycles. The minimum absolute atomic E-state index is 0.188. The predicted molar refractivity (Wildman–Crippen MR) is 108 cm³/mol. The monoisotopic (exact) mass is 358 g/mol. The van der Waals surface area contributed by atoms with Crippen molar-refractivity contribution in [2.75, 3.05) is 39.3 Å². The van der Waals surface area contributed by atoms with Crippen LogP contribution in [0.3, 0.4) is 0 Å². The molecule has 2 N–H and O–H groups in total. The summed E-state index contributed by atoms with van der Waals surface area (Å²) < 4.78 is 6.01. The second-order valence-corrected chi connectivity index (χ2v) is 7.44. The summed E-state index contributed by atoms with van der Waals surface area (Å²) in [6.07, 6.45) is 4.95. The van der Waals surface area contributed by atoms with Gasteiger partial charge in [0.1, 0.15) is 11.9 Å². The van der Waals surface area contributed by atoms with Gasteiger partial charge in [-0.3, -0.25) is 4.99 Å². The first kappa shape index (κ1) is 19.0. The van der Waals surface area contributed by atoms with Crippen LogP contribution in [0.5, 0.6) is 5.75 Å². The van der Waals surface area contributed by atoms with Gasteiger partial charge in [0.15, 0.2) is 5.96 Å². The third-order valence-corrected chi connectivity index (χ3v) is 5.31. The van der Waals surface area contributed by atoms with Gasteiger partial charge in [0.25, 0.3) is 0 Å². The lowest BCUT2D eigenvalue weighted by Gasteiger charge is -2.31. The first-order valence-corrected chi connectivity index (χ1v) is 10.3. The summed E-state index contributed by atoms with van der Waals surface area (Å²) in [5.74, 6) is 2.66. The van der Waals surface area contributed by atoms with E-state index in [1.165, 1.54) is 44.5 Å². The molecular formula is C21H34N4O. The molecule has 5 heteroatoms. The van der Waals surface area contributed by atoms with E-state index in [4.69, 9.17) is 9.73 Å².